The second-order valence-corrected chi connectivity index (χ2v) is 5.20. The van der Waals surface area contributed by atoms with Gasteiger partial charge in [-0.15, -0.1) is 5.10 Å². The van der Waals surface area contributed by atoms with Crippen molar-refractivity contribution < 1.29 is 0 Å². The first kappa shape index (κ1) is 11.2. The average molecular weight is 304 g/mol. The molecule has 15 heavy (non-hydrogen) atoms. The Kier molecular flexibility index (Phi) is 3.85. The van der Waals surface area contributed by atoms with Gasteiger partial charge in [-0.1, -0.05) is 11.4 Å². The van der Waals surface area contributed by atoms with Crippen LogP contribution in [0.25, 0.3) is 0 Å². The number of halogens is 1. The minimum atomic E-state index is 0.148. The highest BCUT2D eigenvalue weighted by atomic mass is 79.9. The third kappa shape index (κ3) is 2.44. The van der Waals surface area contributed by atoms with Gasteiger partial charge < -0.3 is 5.32 Å². The van der Waals surface area contributed by atoms with Crippen LogP contribution in [0.5, 0.6) is 0 Å². The van der Waals surface area contributed by atoms with E-state index in [-0.39, 0.29) is 6.04 Å². The van der Waals surface area contributed by atoms with Crippen molar-refractivity contribution in [1.82, 2.24) is 14.9 Å². The number of hydrogen-bond donors (Lipinski definition) is 1. The van der Waals surface area contributed by atoms with Crippen molar-refractivity contribution in [1.29, 1.82) is 0 Å². The average Bonchev–Trinajstić information content (AvgIpc) is 2.85. The van der Waals surface area contributed by atoms with Crippen LogP contribution in [0.1, 0.15) is 24.2 Å². The second-order valence-electron chi connectivity index (χ2n) is 3.00. The maximum atomic E-state index is 4.12. The van der Waals surface area contributed by atoms with Crippen LogP contribution in [0, 0.1) is 0 Å². The molecule has 2 aromatic heterocycles. The second kappa shape index (κ2) is 5.16. The Labute approximate surface area is 105 Å². The normalized spacial score (nSPS) is 12.9. The Morgan fingerprint density at radius 2 is 2.33 bits per heavy atom. The van der Waals surface area contributed by atoms with Gasteiger partial charge in [0.25, 0.3) is 0 Å². The molecule has 0 spiro atoms. The summed E-state index contributed by atoms with van der Waals surface area (Å²) in [6.45, 7) is 3.00. The summed E-state index contributed by atoms with van der Waals surface area (Å²) in [7, 11) is 0. The van der Waals surface area contributed by atoms with E-state index in [0.717, 1.165) is 16.7 Å². The molecule has 1 atom stereocenters. The summed E-state index contributed by atoms with van der Waals surface area (Å²) in [5.74, 6) is 0. The Morgan fingerprint density at radius 1 is 1.47 bits per heavy atom. The molecule has 1 N–H and O–H groups in total. The van der Waals surface area contributed by atoms with Gasteiger partial charge in [0.15, 0.2) is 0 Å². The van der Waals surface area contributed by atoms with Crippen LogP contribution in [0.15, 0.2) is 20.6 Å². The smallest absolute Gasteiger partial charge is 0.0970 e. The van der Waals surface area contributed by atoms with Gasteiger partial charge in [0.2, 0.25) is 0 Å². The molecule has 0 radical (unpaired) electrons. The molecule has 0 aromatic carbocycles. The maximum Gasteiger partial charge on any atom is 0.0970 e. The summed E-state index contributed by atoms with van der Waals surface area (Å²) < 4.78 is 5.04. The Balaban J connectivity index is 2.32. The van der Waals surface area contributed by atoms with Gasteiger partial charge >= 0.3 is 0 Å². The van der Waals surface area contributed by atoms with E-state index in [1.807, 2.05) is 5.38 Å². The van der Waals surface area contributed by atoms with Crippen LogP contribution < -0.4 is 5.32 Å². The number of thiophene rings is 1. The summed E-state index contributed by atoms with van der Waals surface area (Å²) >= 11 is 6.62. The molecule has 2 rings (SSSR count). The van der Waals surface area contributed by atoms with Crippen molar-refractivity contribution in [2.24, 2.45) is 0 Å². The molecule has 0 amide bonds. The fraction of sp³-hybridized carbons (Fsp3) is 0.333. The summed E-state index contributed by atoms with van der Waals surface area (Å²) in [4.78, 5) is 0. The Bertz CT molecular complexity index is 413. The lowest BCUT2D eigenvalue weighted by atomic mass is 10.1. The van der Waals surface area contributed by atoms with Crippen LogP contribution in [0.3, 0.4) is 0 Å². The maximum absolute atomic E-state index is 4.12. The fourth-order valence-electron chi connectivity index (χ4n) is 1.37. The fourth-order valence-corrected chi connectivity index (χ4v) is 3.40. The van der Waals surface area contributed by atoms with Crippen LogP contribution in [-0.2, 0) is 0 Å². The number of nitrogens with one attached hydrogen (secondary N) is 1. The quantitative estimate of drug-likeness (QED) is 0.943. The van der Waals surface area contributed by atoms with E-state index < -0.39 is 0 Å². The lowest BCUT2D eigenvalue weighted by Crippen LogP contribution is -2.22. The van der Waals surface area contributed by atoms with E-state index in [4.69, 9.17) is 0 Å². The van der Waals surface area contributed by atoms with Gasteiger partial charge in [0.1, 0.15) is 0 Å². The number of hydrogen-bond acceptors (Lipinski definition) is 5. The van der Waals surface area contributed by atoms with Crippen LogP contribution in [0.4, 0.5) is 0 Å². The lowest BCUT2D eigenvalue weighted by molar-refractivity contribution is 0.613. The molecule has 2 aromatic rings. The number of rotatable bonds is 4. The van der Waals surface area contributed by atoms with Gasteiger partial charge in [-0.05, 0) is 39.4 Å². The third-order valence-corrected chi connectivity index (χ3v) is 4.31. The van der Waals surface area contributed by atoms with Gasteiger partial charge in [0, 0.05) is 20.8 Å². The molecule has 0 bridgehead atoms. The van der Waals surface area contributed by atoms with Crippen molar-refractivity contribution in [3.8, 4) is 0 Å². The largest absolute Gasteiger partial charge is 0.305 e. The van der Waals surface area contributed by atoms with Gasteiger partial charge in [-0.3, -0.25) is 0 Å². The molecule has 0 saturated carbocycles. The van der Waals surface area contributed by atoms with Crippen molar-refractivity contribution in [2.75, 3.05) is 6.54 Å². The predicted molar refractivity (Wildman–Crippen MR) is 67.4 cm³/mol. The van der Waals surface area contributed by atoms with Gasteiger partial charge in [-0.25, -0.2) is 0 Å². The molecular formula is C9H10BrN3S2. The molecule has 0 aliphatic rings. The minimum Gasteiger partial charge on any atom is -0.305 e. The Hall–Kier alpha value is -0.300. The Morgan fingerprint density at radius 3 is 2.87 bits per heavy atom. The third-order valence-electron chi connectivity index (χ3n) is 2.03. The van der Waals surface area contributed by atoms with E-state index in [9.17, 15) is 0 Å². The van der Waals surface area contributed by atoms with E-state index in [0.29, 0.717) is 0 Å². The first-order valence-electron chi connectivity index (χ1n) is 4.54. The summed E-state index contributed by atoms with van der Waals surface area (Å²) in [6.07, 6.45) is 0. The van der Waals surface area contributed by atoms with Crippen LogP contribution >= 0.6 is 38.8 Å². The van der Waals surface area contributed by atoms with Crippen LogP contribution in [-0.4, -0.2) is 16.1 Å². The molecule has 2 heterocycles. The van der Waals surface area contributed by atoms with Gasteiger partial charge in [0.05, 0.1) is 11.7 Å². The minimum absolute atomic E-state index is 0.148. The molecule has 6 heteroatoms. The summed E-state index contributed by atoms with van der Waals surface area (Å²) in [5.41, 5.74) is 2.22. The first-order chi connectivity index (χ1) is 7.33. The summed E-state index contributed by atoms with van der Waals surface area (Å²) in [6, 6.07) is 0.148. The highest BCUT2D eigenvalue weighted by Crippen LogP contribution is 2.30. The molecule has 0 fully saturated rings. The predicted octanol–water partition coefficient (Wildman–Crippen LogP) is 3.06. The van der Waals surface area contributed by atoms with Crippen molar-refractivity contribution in [2.45, 2.75) is 13.0 Å². The molecule has 0 saturated heterocycles. The van der Waals surface area contributed by atoms with Gasteiger partial charge in [-0.2, -0.15) is 11.3 Å². The van der Waals surface area contributed by atoms with Crippen LogP contribution in [0.2, 0.25) is 0 Å². The van der Waals surface area contributed by atoms with E-state index >= 15 is 0 Å². The first-order valence-corrected chi connectivity index (χ1v) is 7.12. The zero-order chi connectivity index (χ0) is 10.7. The monoisotopic (exact) mass is 303 g/mol. The van der Waals surface area contributed by atoms with E-state index in [2.05, 4.69) is 48.5 Å². The number of nitrogens with zero attached hydrogens (tertiary/aromatic N) is 2. The zero-order valence-corrected chi connectivity index (χ0v) is 11.3. The highest BCUT2D eigenvalue weighted by molar-refractivity contribution is 9.10. The zero-order valence-electron chi connectivity index (χ0n) is 8.11. The molecular weight excluding hydrogens is 294 g/mol. The molecule has 80 valence electrons. The molecule has 0 aliphatic heterocycles. The van der Waals surface area contributed by atoms with E-state index in [1.54, 1.807) is 11.3 Å². The molecule has 0 aliphatic carbocycles. The summed E-state index contributed by atoms with van der Waals surface area (Å²) in [5, 5.41) is 13.7. The lowest BCUT2D eigenvalue weighted by Gasteiger charge is -2.14. The highest BCUT2D eigenvalue weighted by Gasteiger charge is 2.18. The SMILES string of the molecule is CCNC(c1csnn1)c1cscc1Br. The van der Waals surface area contributed by atoms with Crippen molar-refractivity contribution in [3.05, 3.63) is 31.9 Å². The molecule has 1 unspecified atom stereocenters. The molecule has 3 nitrogen and oxygen atoms in total. The standard InChI is InChI=1S/C9H10BrN3S2/c1-2-11-9(8-5-15-13-12-8)6-3-14-4-7(6)10/h3-5,9,11H,2H2,1H3. The van der Waals surface area contributed by atoms with Crippen molar-refractivity contribution in [3.63, 3.8) is 0 Å². The van der Waals surface area contributed by atoms with E-state index in [1.165, 1.54) is 17.1 Å². The number of aromatic nitrogens is 2. The topological polar surface area (TPSA) is 37.8 Å². The van der Waals surface area contributed by atoms with Crippen molar-refractivity contribution >= 4 is 38.8 Å².